The summed E-state index contributed by atoms with van der Waals surface area (Å²) in [6, 6.07) is 11.2. The van der Waals surface area contributed by atoms with Crippen LogP contribution in [0.25, 0.3) is 0 Å². The molecular formula is C15H14N2O4. The first kappa shape index (κ1) is 14.5. The zero-order valence-electron chi connectivity index (χ0n) is 11.6. The van der Waals surface area contributed by atoms with E-state index in [4.69, 9.17) is 5.11 Å². The van der Waals surface area contributed by atoms with Gasteiger partial charge in [0.2, 0.25) is 0 Å². The maximum absolute atomic E-state index is 11.1. The fourth-order valence-corrected chi connectivity index (χ4v) is 1.99. The molecule has 0 fully saturated rings. The van der Waals surface area contributed by atoms with Gasteiger partial charge in [-0.1, -0.05) is 17.7 Å². The Kier molecular flexibility index (Phi) is 3.89. The van der Waals surface area contributed by atoms with Crippen molar-refractivity contribution in [2.75, 3.05) is 11.9 Å². The normalized spacial score (nSPS) is 10.2. The molecule has 6 nitrogen and oxygen atoms in total. The summed E-state index contributed by atoms with van der Waals surface area (Å²) in [7, 11) is 1.67. The predicted molar refractivity (Wildman–Crippen MR) is 79.3 cm³/mol. The van der Waals surface area contributed by atoms with Crippen molar-refractivity contribution < 1.29 is 14.8 Å². The quantitative estimate of drug-likeness (QED) is 0.688. The molecule has 0 unspecified atom stereocenters. The molecule has 0 aromatic heterocycles. The second-order valence-electron chi connectivity index (χ2n) is 4.66. The zero-order chi connectivity index (χ0) is 15.6. The third-order valence-electron chi connectivity index (χ3n) is 3.20. The van der Waals surface area contributed by atoms with Gasteiger partial charge < -0.3 is 10.0 Å². The summed E-state index contributed by atoms with van der Waals surface area (Å²) < 4.78 is 0. The number of carboxylic acids is 1. The Labute approximate surface area is 121 Å². The summed E-state index contributed by atoms with van der Waals surface area (Å²) in [4.78, 5) is 23.3. The molecule has 21 heavy (non-hydrogen) atoms. The smallest absolute Gasteiger partial charge is 0.335 e. The fourth-order valence-electron chi connectivity index (χ4n) is 1.99. The Hall–Kier alpha value is -2.89. The molecule has 0 bridgehead atoms. The van der Waals surface area contributed by atoms with Crippen LogP contribution in [0.1, 0.15) is 15.9 Å². The Balaban J connectivity index is 2.53. The number of aromatic carboxylic acids is 1. The van der Waals surface area contributed by atoms with Crippen LogP contribution in [-0.4, -0.2) is 23.0 Å². The third kappa shape index (κ3) is 3.00. The fraction of sp³-hybridized carbons (Fsp3) is 0.133. The summed E-state index contributed by atoms with van der Waals surface area (Å²) in [6.07, 6.45) is 0. The minimum absolute atomic E-state index is 0.00885. The predicted octanol–water partition coefficient (Wildman–Crippen LogP) is 3.37. The number of hydrogen-bond donors (Lipinski definition) is 1. The van der Waals surface area contributed by atoms with Gasteiger partial charge in [0.15, 0.2) is 0 Å². The van der Waals surface area contributed by atoms with E-state index in [9.17, 15) is 14.9 Å². The van der Waals surface area contributed by atoms with Crippen LogP contribution in [-0.2, 0) is 0 Å². The van der Waals surface area contributed by atoms with Gasteiger partial charge in [-0.25, -0.2) is 4.79 Å². The summed E-state index contributed by atoms with van der Waals surface area (Å²) in [5.41, 5.74) is 1.92. The summed E-state index contributed by atoms with van der Waals surface area (Å²) in [5, 5.41) is 20.2. The van der Waals surface area contributed by atoms with Gasteiger partial charge >= 0.3 is 5.97 Å². The third-order valence-corrected chi connectivity index (χ3v) is 3.20. The number of rotatable bonds is 4. The van der Waals surface area contributed by atoms with Gasteiger partial charge in [0, 0.05) is 18.8 Å². The van der Waals surface area contributed by atoms with Crippen LogP contribution in [0.4, 0.5) is 17.1 Å². The molecule has 108 valence electrons. The van der Waals surface area contributed by atoms with E-state index >= 15 is 0 Å². The van der Waals surface area contributed by atoms with Crippen LogP contribution in [0.15, 0.2) is 42.5 Å². The maximum Gasteiger partial charge on any atom is 0.335 e. The molecule has 2 aromatic rings. The number of aryl methyl sites for hydroxylation is 1. The van der Waals surface area contributed by atoms with Gasteiger partial charge in [0.05, 0.1) is 10.5 Å². The van der Waals surface area contributed by atoms with Crippen molar-refractivity contribution in [2.24, 2.45) is 0 Å². The Morgan fingerprint density at radius 3 is 2.33 bits per heavy atom. The van der Waals surface area contributed by atoms with Crippen LogP contribution >= 0.6 is 0 Å². The van der Waals surface area contributed by atoms with E-state index in [2.05, 4.69) is 0 Å². The topological polar surface area (TPSA) is 83.7 Å². The first-order valence-electron chi connectivity index (χ1n) is 6.22. The first-order chi connectivity index (χ1) is 9.90. The van der Waals surface area contributed by atoms with Gasteiger partial charge in [-0.15, -0.1) is 0 Å². The lowest BCUT2D eigenvalue weighted by Gasteiger charge is -2.20. The highest BCUT2D eigenvalue weighted by Crippen LogP contribution is 2.33. The molecule has 0 saturated heterocycles. The van der Waals surface area contributed by atoms with Gasteiger partial charge in [-0.2, -0.15) is 0 Å². The number of hydrogen-bond acceptors (Lipinski definition) is 4. The molecule has 0 aliphatic rings. The van der Waals surface area contributed by atoms with Crippen LogP contribution in [0.2, 0.25) is 0 Å². The van der Waals surface area contributed by atoms with Crippen molar-refractivity contribution in [1.29, 1.82) is 0 Å². The van der Waals surface area contributed by atoms with E-state index in [0.29, 0.717) is 0 Å². The second kappa shape index (κ2) is 5.62. The Bertz CT molecular complexity index is 695. The summed E-state index contributed by atoms with van der Waals surface area (Å²) in [6.45, 7) is 1.94. The number of nitro groups is 1. The van der Waals surface area contributed by atoms with Crippen LogP contribution in [0.3, 0.4) is 0 Å². The van der Waals surface area contributed by atoms with E-state index in [1.165, 1.54) is 18.2 Å². The van der Waals surface area contributed by atoms with E-state index in [1.807, 2.05) is 31.2 Å². The summed E-state index contributed by atoms with van der Waals surface area (Å²) in [5.74, 6) is -1.12. The first-order valence-corrected chi connectivity index (χ1v) is 6.22. The van der Waals surface area contributed by atoms with Gasteiger partial charge in [-0.05, 0) is 31.2 Å². The highest BCUT2D eigenvalue weighted by atomic mass is 16.6. The highest BCUT2D eigenvalue weighted by molar-refractivity contribution is 5.90. The van der Waals surface area contributed by atoms with Crippen molar-refractivity contribution >= 4 is 23.0 Å². The molecule has 0 spiro atoms. The van der Waals surface area contributed by atoms with Crippen molar-refractivity contribution in [3.05, 3.63) is 63.7 Å². The average molecular weight is 286 g/mol. The molecule has 6 heteroatoms. The number of nitrogens with zero attached hydrogens (tertiary/aromatic N) is 2. The van der Waals surface area contributed by atoms with Crippen molar-refractivity contribution in [1.82, 2.24) is 0 Å². The standard InChI is InChI=1S/C15H14N2O4/c1-10-3-6-12(7-4-10)16(2)14-9-11(15(18)19)5-8-13(14)17(20)21/h3-9H,1-2H3,(H,18,19). The second-order valence-corrected chi connectivity index (χ2v) is 4.66. The van der Waals surface area contributed by atoms with Gasteiger partial charge in [0.25, 0.3) is 5.69 Å². The SMILES string of the molecule is Cc1ccc(N(C)c2cc(C(=O)O)ccc2[N+](=O)[O-])cc1. The molecule has 0 heterocycles. The molecule has 1 N–H and O–H groups in total. The molecular weight excluding hydrogens is 272 g/mol. The van der Waals surface area contributed by atoms with Crippen LogP contribution in [0, 0.1) is 17.0 Å². The van der Waals surface area contributed by atoms with E-state index in [1.54, 1.807) is 11.9 Å². The average Bonchev–Trinajstić information content (AvgIpc) is 2.46. The highest BCUT2D eigenvalue weighted by Gasteiger charge is 2.20. The lowest BCUT2D eigenvalue weighted by Crippen LogP contribution is -2.12. The molecule has 2 aromatic carbocycles. The monoisotopic (exact) mass is 286 g/mol. The molecule has 2 rings (SSSR count). The van der Waals surface area contributed by atoms with Crippen LogP contribution < -0.4 is 4.90 Å². The number of nitro benzene ring substituents is 1. The minimum Gasteiger partial charge on any atom is -0.478 e. The van der Waals surface area contributed by atoms with Gasteiger partial charge in [-0.3, -0.25) is 10.1 Å². The summed E-state index contributed by atoms with van der Waals surface area (Å²) >= 11 is 0. The van der Waals surface area contributed by atoms with E-state index in [0.717, 1.165) is 11.3 Å². The number of carbonyl (C=O) groups is 1. The zero-order valence-corrected chi connectivity index (χ0v) is 11.6. The van der Waals surface area contributed by atoms with Crippen molar-refractivity contribution in [3.63, 3.8) is 0 Å². The molecule has 0 saturated carbocycles. The van der Waals surface area contributed by atoms with E-state index in [-0.39, 0.29) is 16.9 Å². The Morgan fingerprint density at radius 1 is 1.19 bits per heavy atom. The molecule has 0 aliphatic heterocycles. The number of benzene rings is 2. The molecule has 0 radical (unpaired) electrons. The van der Waals surface area contributed by atoms with Gasteiger partial charge in [0.1, 0.15) is 5.69 Å². The largest absolute Gasteiger partial charge is 0.478 e. The number of anilines is 2. The molecule has 0 amide bonds. The number of carboxylic acid groups (broad SMARTS) is 1. The Morgan fingerprint density at radius 2 is 1.81 bits per heavy atom. The lowest BCUT2D eigenvalue weighted by molar-refractivity contribution is -0.384. The minimum atomic E-state index is -1.12. The molecule has 0 aliphatic carbocycles. The van der Waals surface area contributed by atoms with Crippen molar-refractivity contribution in [3.8, 4) is 0 Å². The molecule has 0 atom stereocenters. The lowest BCUT2D eigenvalue weighted by atomic mass is 10.1. The van der Waals surface area contributed by atoms with Crippen molar-refractivity contribution in [2.45, 2.75) is 6.92 Å². The maximum atomic E-state index is 11.1. The van der Waals surface area contributed by atoms with Crippen LogP contribution in [0.5, 0.6) is 0 Å². The van der Waals surface area contributed by atoms with E-state index < -0.39 is 10.9 Å².